The van der Waals surface area contributed by atoms with Crippen LogP contribution in [0.15, 0.2) is 60.4 Å². The Morgan fingerprint density at radius 3 is 2.27 bits per heavy atom. The van der Waals surface area contributed by atoms with Crippen molar-refractivity contribution in [1.82, 2.24) is 14.8 Å². The van der Waals surface area contributed by atoms with Gasteiger partial charge in [-0.05, 0) is 61.7 Å². The van der Waals surface area contributed by atoms with Crippen LogP contribution in [0.2, 0.25) is 0 Å². The van der Waals surface area contributed by atoms with E-state index in [1.165, 1.54) is 40.8 Å². The van der Waals surface area contributed by atoms with Crippen LogP contribution in [-0.4, -0.2) is 34.3 Å². The molecule has 3 rings (SSSR count). The first-order valence-electron chi connectivity index (χ1n) is 9.39. The highest BCUT2D eigenvalue weighted by Crippen LogP contribution is 2.25. The van der Waals surface area contributed by atoms with Crippen LogP contribution in [0, 0.1) is 0 Å². The van der Waals surface area contributed by atoms with Crippen molar-refractivity contribution in [3.05, 3.63) is 66.0 Å². The van der Waals surface area contributed by atoms with E-state index in [4.69, 9.17) is 4.74 Å². The Morgan fingerprint density at radius 2 is 1.67 bits per heavy atom. The lowest BCUT2D eigenvalue weighted by atomic mass is 10.0. The molecule has 2 aromatic carbocycles. The van der Waals surface area contributed by atoms with Crippen molar-refractivity contribution in [1.29, 1.82) is 0 Å². The number of alkyl halides is 3. The zero-order chi connectivity index (χ0) is 21.7. The van der Waals surface area contributed by atoms with E-state index in [0.717, 1.165) is 16.7 Å². The number of halogens is 3. The normalized spacial score (nSPS) is 12.6. The van der Waals surface area contributed by atoms with Crippen LogP contribution >= 0.6 is 0 Å². The van der Waals surface area contributed by atoms with Crippen LogP contribution in [-0.2, 0) is 4.74 Å². The van der Waals surface area contributed by atoms with Gasteiger partial charge in [0.25, 0.3) is 0 Å². The van der Waals surface area contributed by atoms with Gasteiger partial charge in [-0.15, -0.1) is 18.3 Å². The highest BCUT2D eigenvalue weighted by atomic mass is 19.4. The molecule has 0 radical (unpaired) electrons. The van der Waals surface area contributed by atoms with E-state index in [-0.39, 0.29) is 5.75 Å². The zero-order valence-electron chi connectivity index (χ0n) is 16.9. The Hall–Kier alpha value is -3.13. The van der Waals surface area contributed by atoms with Crippen LogP contribution < -0.4 is 4.74 Å². The summed E-state index contributed by atoms with van der Waals surface area (Å²) in [4.78, 5) is 4.30. The van der Waals surface area contributed by atoms with Gasteiger partial charge in [0, 0.05) is 12.2 Å². The number of allylic oxidation sites excluding steroid dienone is 1. The molecular formula is C22H22F3N3O2. The molecule has 1 heterocycles. The molecule has 0 atom stereocenters. The standard InChI is InChI=1S/C22H22F3N3O2/c1-4-29-13-15(2)16(3)17-5-7-18(8-6-17)21-26-14-28(27-21)19-9-11-20(12-10-19)30-22(23,24)25/h5-12,14H,4,13H2,1-3H3. The van der Waals surface area contributed by atoms with E-state index in [9.17, 15) is 13.2 Å². The van der Waals surface area contributed by atoms with Crippen LogP contribution in [0.5, 0.6) is 5.75 Å². The number of hydrogen-bond donors (Lipinski definition) is 0. The Labute approximate surface area is 172 Å². The van der Waals surface area contributed by atoms with Crippen LogP contribution in [0.25, 0.3) is 22.6 Å². The molecular weight excluding hydrogens is 395 g/mol. The van der Waals surface area contributed by atoms with Gasteiger partial charge in [-0.3, -0.25) is 0 Å². The molecule has 0 bridgehead atoms. The van der Waals surface area contributed by atoms with Crippen molar-refractivity contribution in [3.63, 3.8) is 0 Å². The van der Waals surface area contributed by atoms with Gasteiger partial charge < -0.3 is 9.47 Å². The van der Waals surface area contributed by atoms with Crippen molar-refractivity contribution in [2.24, 2.45) is 0 Å². The molecule has 0 aliphatic rings. The average Bonchev–Trinajstić information content (AvgIpc) is 3.21. The number of ether oxygens (including phenoxy) is 2. The zero-order valence-corrected chi connectivity index (χ0v) is 16.9. The summed E-state index contributed by atoms with van der Waals surface area (Å²) in [6.07, 6.45) is -3.20. The maximum atomic E-state index is 12.3. The minimum atomic E-state index is -4.72. The maximum Gasteiger partial charge on any atom is 0.573 e. The minimum absolute atomic E-state index is 0.287. The predicted molar refractivity (Wildman–Crippen MR) is 108 cm³/mol. The molecule has 0 saturated carbocycles. The quantitative estimate of drug-likeness (QED) is 0.498. The fraction of sp³-hybridized carbons (Fsp3) is 0.273. The molecule has 0 unspecified atom stereocenters. The van der Waals surface area contributed by atoms with Crippen molar-refractivity contribution in [2.45, 2.75) is 27.1 Å². The third-order valence-corrected chi connectivity index (χ3v) is 4.57. The molecule has 0 aliphatic heterocycles. The highest BCUT2D eigenvalue weighted by Gasteiger charge is 2.31. The smallest absolute Gasteiger partial charge is 0.406 e. The second-order valence-corrected chi connectivity index (χ2v) is 6.67. The number of hydrogen-bond acceptors (Lipinski definition) is 4. The summed E-state index contributed by atoms with van der Waals surface area (Å²) in [7, 11) is 0. The number of benzene rings is 2. The van der Waals surface area contributed by atoms with Gasteiger partial charge in [-0.1, -0.05) is 24.3 Å². The SMILES string of the molecule is CCOCC(C)=C(C)c1ccc(-c2ncn(-c3ccc(OC(F)(F)F)cc3)n2)cc1. The van der Waals surface area contributed by atoms with Crippen molar-refractivity contribution in [3.8, 4) is 22.8 Å². The van der Waals surface area contributed by atoms with Crippen molar-refractivity contribution in [2.75, 3.05) is 13.2 Å². The van der Waals surface area contributed by atoms with E-state index in [1.807, 2.05) is 38.1 Å². The summed E-state index contributed by atoms with van der Waals surface area (Å²) in [6, 6.07) is 13.3. The van der Waals surface area contributed by atoms with Gasteiger partial charge in [0.2, 0.25) is 0 Å². The van der Waals surface area contributed by atoms with Gasteiger partial charge >= 0.3 is 6.36 Å². The third-order valence-electron chi connectivity index (χ3n) is 4.57. The molecule has 8 heteroatoms. The molecule has 0 aliphatic carbocycles. The van der Waals surface area contributed by atoms with E-state index >= 15 is 0 Å². The lowest BCUT2D eigenvalue weighted by molar-refractivity contribution is -0.274. The van der Waals surface area contributed by atoms with Gasteiger partial charge in [0.15, 0.2) is 5.82 Å². The first-order valence-corrected chi connectivity index (χ1v) is 9.39. The van der Waals surface area contributed by atoms with E-state index in [1.54, 1.807) is 0 Å². The Bertz CT molecular complexity index is 1010. The molecule has 0 saturated heterocycles. The van der Waals surface area contributed by atoms with Gasteiger partial charge in [-0.25, -0.2) is 9.67 Å². The summed E-state index contributed by atoms with van der Waals surface area (Å²) in [6.45, 7) is 7.35. The van der Waals surface area contributed by atoms with E-state index in [0.29, 0.717) is 24.7 Å². The maximum absolute atomic E-state index is 12.3. The predicted octanol–water partition coefficient (Wildman–Crippen LogP) is 5.66. The molecule has 3 aromatic rings. The molecule has 5 nitrogen and oxygen atoms in total. The lowest BCUT2D eigenvalue weighted by Gasteiger charge is -2.09. The lowest BCUT2D eigenvalue weighted by Crippen LogP contribution is -2.17. The average molecular weight is 417 g/mol. The first-order chi connectivity index (χ1) is 14.3. The first kappa shape index (κ1) is 21.6. The van der Waals surface area contributed by atoms with Crippen LogP contribution in [0.1, 0.15) is 26.3 Å². The van der Waals surface area contributed by atoms with Crippen LogP contribution in [0.3, 0.4) is 0 Å². The van der Waals surface area contributed by atoms with E-state index < -0.39 is 6.36 Å². The molecule has 0 N–H and O–H groups in total. The van der Waals surface area contributed by atoms with Crippen LogP contribution in [0.4, 0.5) is 13.2 Å². The topological polar surface area (TPSA) is 49.2 Å². The molecule has 30 heavy (non-hydrogen) atoms. The molecule has 1 aromatic heterocycles. The molecule has 158 valence electrons. The molecule has 0 amide bonds. The monoisotopic (exact) mass is 417 g/mol. The second kappa shape index (κ2) is 9.13. The summed E-state index contributed by atoms with van der Waals surface area (Å²) in [5.74, 6) is 0.232. The number of rotatable bonds is 7. The Morgan fingerprint density at radius 1 is 1.00 bits per heavy atom. The second-order valence-electron chi connectivity index (χ2n) is 6.67. The number of aromatic nitrogens is 3. The largest absolute Gasteiger partial charge is 0.573 e. The van der Waals surface area contributed by atoms with Gasteiger partial charge in [0.05, 0.1) is 12.3 Å². The Balaban J connectivity index is 1.75. The summed E-state index contributed by atoms with van der Waals surface area (Å²) in [5.41, 5.74) is 4.84. The van der Waals surface area contributed by atoms with Crippen molar-refractivity contribution >= 4 is 5.57 Å². The fourth-order valence-electron chi connectivity index (χ4n) is 2.80. The molecule has 0 fully saturated rings. The van der Waals surface area contributed by atoms with Crippen molar-refractivity contribution < 1.29 is 22.6 Å². The summed E-state index contributed by atoms with van der Waals surface area (Å²) in [5, 5.41) is 4.42. The van der Waals surface area contributed by atoms with E-state index in [2.05, 4.69) is 21.7 Å². The van der Waals surface area contributed by atoms with Gasteiger partial charge in [0.1, 0.15) is 12.1 Å². The highest BCUT2D eigenvalue weighted by molar-refractivity contribution is 5.69. The summed E-state index contributed by atoms with van der Waals surface area (Å²) >= 11 is 0. The minimum Gasteiger partial charge on any atom is -0.406 e. The number of nitrogens with zero attached hydrogens (tertiary/aromatic N) is 3. The van der Waals surface area contributed by atoms with Gasteiger partial charge in [-0.2, -0.15) is 0 Å². The fourth-order valence-corrected chi connectivity index (χ4v) is 2.80. The third kappa shape index (κ3) is 5.48. The molecule has 0 spiro atoms. The summed E-state index contributed by atoms with van der Waals surface area (Å²) < 4.78 is 47.7. The Kier molecular flexibility index (Phi) is 6.56.